The number of likely N-dealkylation sites (N-methyl/N-ethyl adjacent to an activating group) is 1. The molecule has 7 heteroatoms. The number of nitrogens with zero attached hydrogens (tertiary/aromatic N) is 3. The highest BCUT2D eigenvalue weighted by Gasteiger charge is 2.20. The van der Waals surface area contributed by atoms with Crippen LogP contribution in [0.2, 0.25) is 0 Å². The maximum Gasteiger partial charge on any atom is 0.269 e. The molecule has 0 unspecified atom stereocenters. The summed E-state index contributed by atoms with van der Waals surface area (Å²) in [6.07, 6.45) is 0. The van der Waals surface area contributed by atoms with E-state index in [0.717, 1.165) is 0 Å². The molecule has 0 aromatic heterocycles. The van der Waals surface area contributed by atoms with Crippen LogP contribution in [0.3, 0.4) is 0 Å². The average molecular weight is 339 g/mol. The maximum atomic E-state index is 12.3. The van der Waals surface area contributed by atoms with E-state index in [1.807, 2.05) is 6.07 Å². The second kappa shape index (κ2) is 7.93. The second-order valence-corrected chi connectivity index (χ2v) is 5.43. The van der Waals surface area contributed by atoms with Crippen molar-refractivity contribution in [2.45, 2.75) is 13.0 Å². The molecule has 25 heavy (non-hydrogen) atoms. The third kappa shape index (κ3) is 4.32. The van der Waals surface area contributed by atoms with Crippen LogP contribution in [-0.4, -0.2) is 29.4 Å². The summed E-state index contributed by atoms with van der Waals surface area (Å²) >= 11 is 0. The molecule has 0 saturated carbocycles. The number of rotatable bonds is 6. The molecule has 0 N–H and O–H groups in total. The largest absolute Gasteiger partial charge is 0.482 e. The fourth-order valence-electron chi connectivity index (χ4n) is 2.26. The number of amides is 1. The fraction of sp³-hybridized carbons (Fsp3) is 0.222. The lowest BCUT2D eigenvalue weighted by Gasteiger charge is -2.25. The molecular weight excluding hydrogens is 322 g/mol. The summed E-state index contributed by atoms with van der Waals surface area (Å²) in [6.45, 7) is 1.55. The summed E-state index contributed by atoms with van der Waals surface area (Å²) in [6, 6.07) is 14.5. The van der Waals surface area contributed by atoms with E-state index in [0.29, 0.717) is 16.9 Å². The van der Waals surface area contributed by atoms with Crippen molar-refractivity contribution in [3.63, 3.8) is 0 Å². The highest BCUT2D eigenvalue weighted by molar-refractivity contribution is 5.78. The molecule has 0 bridgehead atoms. The van der Waals surface area contributed by atoms with Crippen LogP contribution in [0.1, 0.15) is 24.1 Å². The van der Waals surface area contributed by atoms with Crippen molar-refractivity contribution < 1.29 is 14.5 Å². The van der Waals surface area contributed by atoms with Gasteiger partial charge in [-0.3, -0.25) is 14.9 Å². The van der Waals surface area contributed by atoms with Gasteiger partial charge in [-0.05, 0) is 24.6 Å². The Labute approximate surface area is 145 Å². The summed E-state index contributed by atoms with van der Waals surface area (Å²) in [5.74, 6) is 0.0431. The van der Waals surface area contributed by atoms with Gasteiger partial charge >= 0.3 is 0 Å². The number of nitro benzene ring substituents is 1. The predicted molar refractivity (Wildman–Crippen MR) is 90.9 cm³/mol. The number of nitriles is 1. The Morgan fingerprint density at radius 2 is 2.04 bits per heavy atom. The van der Waals surface area contributed by atoms with Crippen molar-refractivity contribution >= 4 is 11.6 Å². The molecule has 0 radical (unpaired) electrons. The Balaban J connectivity index is 2.05. The van der Waals surface area contributed by atoms with Gasteiger partial charge in [0.2, 0.25) is 0 Å². The molecule has 1 amide bonds. The highest BCUT2D eigenvalue weighted by Crippen LogP contribution is 2.23. The highest BCUT2D eigenvalue weighted by atomic mass is 16.6. The molecule has 2 aromatic carbocycles. The molecule has 0 fully saturated rings. The summed E-state index contributed by atoms with van der Waals surface area (Å²) in [5.41, 5.74) is 0.983. The molecule has 2 aromatic rings. The van der Waals surface area contributed by atoms with Gasteiger partial charge in [0.1, 0.15) is 11.8 Å². The van der Waals surface area contributed by atoms with Gasteiger partial charge in [0.25, 0.3) is 11.6 Å². The number of nitro groups is 1. The molecule has 0 aliphatic heterocycles. The Kier molecular flexibility index (Phi) is 5.69. The summed E-state index contributed by atoms with van der Waals surface area (Å²) in [4.78, 5) is 24.2. The number of hydrogen-bond acceptors (Lipinski definition) is 5. The molecule has 128 valence electrons. The van der Waals surface area contributed by atoms with E-state index < -0.39 is 4.92 Å². The zero-order valence-corrected chi connectivity index (χ0v) is 13.9. The third-order valence-electron chi connectivity index (χ3n) is 3.90. The number of carbonyl (C=O) groups is 1. The lowest BCUT2D eigenvalue weighted by atomic mass is 10.1. The van der Waals surface area contributed by atoms with Crippen molar-refractivity contribution in [3.05, 3.63) is 69.8 Å². The first-order valence-corrected chi connectivity index (χ1v) is 7.56. The molecule has 1 atom stereocenters. The molecular formula is C18H17N3O4. The molecule has 0 aliphatic rings. The Bertz CT molecular complexity index is 829. The summed E-state index contributed by atoms with van der Waals surface area (Å²) in [7, 11) is 1.60. The van der Waals surface area contributed by atoms with Gasteiger partial charge < -0.3 is 9.64 Å². The van der Waals surface area contributed by atoms with Crippen LogP contribution in [0, 0.1) is 21.4 Å². The Hall–Kier alpha value is -3.40. The Morgan fingerprint density at radius 3 is 2.72 bits per heavy atom. The van der Waals surface area contributed by atoms with Crippen molar-refractivity contribution in [1.82, 2.24) is 4.90 Å². The monoisotopic (exact) mass is 339 g/mol. The van der Waals surface area contributed by atoms with Crippen molar-refractivity contribution in [1.29, 1.82) is 5.26 Å². The lowest BCUT2D eigenvalue weighted by Crippen LogP contribution is -2.33. The van der Waals surface area contributed by atoms with Crippen molar-refractivity contribution in [3.8, 4) is 11.8 Å². The number of non-ortho nitro benzene ring substituents is 1. The maximum absolute atomic E-state index is 12.3. The smallest absolute Gasteiger partial charge is 0.269 e. The first-order chi connectivity index (χ1) is 11.9. The van der Waals surface area contributed by atoms with Crippen LogP contribution in [0.25, 0.3) is 0 Å². The molecule has 0 saturated heterocycles. The van der Waals surface area contributed by atoms with E-state index in [1.54, 1.807) is 50.4 Å². The van der Waals surface area contributed by atoms with Gasteiger partial charge in [0.15, 0.2) is 6.61 Å². The topological polar surface area (TPSA) is 96.5 Å². The molecule has 2 rings (SSSR count). The zero-order chi connectivity index (χ0) is 18.4. The van der Waals surface area contributed by atoms with E-state index in [-0.39, 0.29) is 24.2 Å². The standard InChI is InChI=1S/C18H17N3O4/c1-13(14-7-5-8-16(10-14)21(23)24)20(2)18(22)12-25-17-9-4-3-6-15(17)11-19/h3-10,13H,12H2,1-2H3/t13-/m1/s1. The van der Waals surface area contributed by atoms with E-state index in [4.69, 9.17) is 10.00 Å². The normalized spacial score (nSPS) is 11.2. The third-order valence-corrected chi connectivity index (χ3v) is 3.90. The predicted octanol–water partition coefficient (Wildman–Crippen LogP) is 3.06. The SMILES string of the molecule is C[C@H](c1cccc([N+](=O)[O-])c1)N(C)C(=O)COc1ccccc1C#N. The summed E-state index contributed by atoms with van der Waals surface area (Å²) < 4.78 is 5.44. The van der Waals surface area contributed by atoms with E-state index in [1.165, 1.54) is 17.0 Å². The minimum absolute atomic E-state index is 0.0237. The van der Waals surface area contributed by atoms with Crippen LogP contribution in [0.15, 0.2) is 48.5 Å². The van der Waals surface area contributed by atoms with Crippen LogP contribution >= 0.6 is 0 Å². The van der Waals surface area contributed by atoms with Crippen LogP contribution in [0.4, 0.5) is 5.69 Å². The molecule has 0 spiro atoms. The number of benzene rings is 2. The molecule has 7 nitrogen and oxygen atoms in total. The van der Waals surface area contributed by atoms with E-state index in [9.17, 15) is 14.9 Å². The van der Waals surface area contributed by atoms with Gasteiger partial charge in [0, 0.05) is 19.2 Å². The van der Waals surface area contributed by atoms with Crippen molar-refractivity contribution in [2.24, 2.45) is 0 Å². The molecule has 0 aliphatic carbocycles. The second-order valence-electron chi connectivity index (χ2n) is 5.43. The van der Waals surface area contributed by atoms with Crippen LogP contribution in [-0.2, 0) is 4.79 Å². The minimum atomic E-state index is -0.472. The number of hydrogen-bond donors (Lipinski definition) is 0. The number of ether oxygens (including phenoxy) is 1. The fourth-order valence-corrected chi connectivity index (χ4v) is 2.26. The minimum Gasteiger partial charge on any atom is -0.482 e. The lowest BCUT2D eigenvalue weighted by molar-refractivity contribution is -0.384. The van der Waals surface area contributed by atoms with E-state index in [2.05, 4.69) is 0 Å². The van der Waals surface area contributed by atoms with E-state index >= 15 is 0 Å². The number of carbonyl (C=O) groups excluding carboxylic acids is 1. The first kappa shape index (κ1) is 17.9. The van der Waals surface area contributed by atoms with Crippen molar-refractivity contribution in [2.75, 3.05) is 13.7 Å². The molecule has 0 heterocycles. The zero-order valence-electron chi connectivity index (χ0n) is 13.9. The average Bonchev–Trinajstić information content (AvgIpc) is 2.65. The van der Waals surface area contributed by atoms with Gasteiger partial charge in [-0.25, -0.2) is 0 Å². The van der Waals surface area contributed by atoms with Gasteiger partial charge in [-0.2, -0.15) is 5.26 Å². The Morgan fingerprint density at radius 1 is 1.32 bits per heavy atom. The first-order valence-electron chi connectivity index (χ1n) is 7.56. The quantitative estimate of drug-likeness (QED) is 0.595. The van der Waals surface area contributed by atoms with Gasteiger partial charge in [0.05, 0.1) is 16.5 Å². The van der Waals surface area contributed by atoms with Gasteiger partial charge in [-0.1, -0.05) is 24.3 Å². The van der Waals surface area contributed by atoms with Crippen LogP contribution < -0.4 is 4.74 Å². The van der Waals surface area contributed by atoms with Gasteiger partial charge in [-0.15, -0.1) is 0 Å². The van der Waals surface area contributed by atoms with Crippen LogP contribution in [0.5, 0.6) is 5.75 Å². The number of para-hydroxylation sites is 1. The summed E-state index contributed by atoms with van der Waals surface area (Å²) in [5, 5.41) is 19.9.